The van der Waals surface area contributed by atoms with Crippen molar-refractivity contribution in [2.24, 2.45) is 5.92 Å². The van der Waals surface area contributed by atoms with E-state index in [0.717, 1.165) is 36.8 Å². The van der Waals surface area contributed by atoms with Gasteiger partial charge in [0.2, 0.25) is 10.0 Å². The van der Waals surface area contributed by atoms with Crippen LogP contribution in [0, 0.1) is 16.0 Å². The molecule has 2 aromatic rings. The Balaban J connectivity index is 1.67. The molecule has 25 heavy (non-hydrogen) atoms. The van der Waals surface area contributed by atoms with E-state index in [9.17, 15) is 18.5 Å². The number of nitro groups is 1. The molecule has 2 heterocycles. The highest BCUT2D eigenvalue weighted by Crippen LogP contribution is 2.22. The minimum absolute atomic E-state index is 0.0527. The van der Waals surface area contributed by atoms with Crippen molar-refractivity contribution >= 4 is 26.6 Å². The minimum atomic E-state index is -3.17. The van der Waals surface area contributed by atoms with Gasteiger partial charge in [0.05, 0.1) is 29.6 Å². The van der Waals surface area contributed by atoms with E-state index in [1.165, 1.54) is 18.4 Å². The molecule has 1 aromatic heterocycles. The first-order valence-corrected chi connectivity index (χ1v) is 9.98. The van der Waals surface area contributed by atoms with Crippen molar-refractivity contribution in [3.05, 3.63) is 34.5 Å². The fourth-order valence-electron chi connectivity index (χ4n) is 3.21. The van der Waals surface area contributed by atoms with Crippen LogP contribution >= 0.6 is 0 Å². The maximum Gasteiger partial charge on any atom is 0.270 e. The van der Waals surface area contributed by atoms with E-state index in [4.69, 9.17) is 0 Å². The van der Waals surface area contributed by atoms with Gasteiger partial charge in [-0.25, -0.2) is 13.1 Å². The van der Waals surface area contributed by atoms with Gasteiger partial charge in [-0.05, 0) is 31.4 Å². The summed E-state index contributed by atoms with van der Waals surface area (Å²) in [5, 5.41) is 15.9. The van der Waals surface area contributed by atoms with E-state index in [2.05, 4.69) is 14.7 Å². The molecule has 3 rings (SSSR count). The number of nitrogens with one attached hydrogen (secondary N) is 1. The number of rotatable bonds is 6. The predicted octanol–water partition coefficient (Wildman–Crippen LogP) is 1.16. The lowest BCUT2D eigenvalue weighted by Crippen LogP contribution is -2.41. The molecule has 1 fully saturated rings. The zero-order valence-corrected chi connectivity index (χ0v) is 14.8. The Bertz CT molecular complexity index is 879. The zero-order chi connectivity index (χ0) is 18.0. The summed E-state index contributed by atoms with van der Waals surface area (Å²) in [5.74, 6) is 0.270. The molecule has 10 heteroatoms. The average molecular weight is 367 g/mol. The highest BCUT2D eigenvalue weighted by Gasteiger charge is 2.21. The van der Waals surface area contributed by atoms with Crippen molar-refractivity contribution in [2.75, 3.05) is 25.9 Å². The molecule has 0 bridgehead atoms. The normalized spacial score (nSPS) is 19.3. The van der Waals surface area contributed by atoms with E-state index in [1.54, 1.807) is 12.3 Å². The van der Waals surface area contributed by atoms with Gasteiger partial charge in [-0.2, -0.15) is 5.10 Å². The van der Waals surface area contributed by atoms with Gasteiger partial charge < -0.3 is 0 Å². The lowest BCUT2D eigenvalue weighted by molar-refractivity contribution is -0.384. The summed E-state index contributed by atoms with van der Waals surface area (Å²) in [4.78, 5) is 12.7. The molecular formula is C15H21N5O4S. The molecular weight excluding hydrogens is 346 g/mol. The third-order valence-corrected chi connectivity index (χ3v) is 5.10. The van der Waals surface area contributed by atoms with Crippen LogP contribution in [0.5, 0.6) is 0 Å². The Kier molecular flexibility index (Phi) is 5.02. The van der Waals surface area contributed by atoms with Crippen LogP contribution in [0.4, 0.5) is 5.69 Å². The number of aromatic nitrogens is 2. The largest absolute Gasteiger partial charge is 0.284 e. The number of piperidine rings is 1. The Morgan fingerprint density at radius 3 is 2.96 bits per heavy atom. The van der Waals surface area contributed by atoms with Crippen molar-refractivity contribution < 1.29 is 13.3 Å². The highest BCUT2D eigenvalue weighted by atomic mass is 32.2. The molecule has 9 nitrogen and oxygen atoms in total. The van der Waals surface area contributed by atoms with Crippen LogP contribution < -0.4 is 4.72 Å². The Hall–Kier alpha value is -2.04. The van der Waals surface area contributed by atoms with Crippen LogP contribution in [-0.4, -0.2) is 53.9 Å². The summed E-state index contributed by atoms with van der Waals surface area (Å²) in [6.07, 6.45) is 4.80. The van der Waals surface area contributed by atoms with Crippen LogP contribution in [0.15, 0.2) is 24.4 Å². The van der Waals surface area contributed by atoms with Gasteiger partial charge in [-0.3, -0.25) is 19.7 Å². The maximum atomic E-state index is 11.2. The van der Waals surface area contributed by atoms with Gasteiger partial charge in [0.25, 0.3) is 5.69 Å². The van der Waals surface area contributed by atoms with Gasteiger partial charge in [0.1, 0.15) is 0 Å². The number of nitrogens with zero attached hydrogens (tertiary/aromatic N) is 4. The molecule has 1 saturated heterocycles. The number of hydrogen-bond donors (Lipinski definition) is 1. The topological polar surface area (TPSA) is 110 Å². The molecule has 0 radical (unpaired) electrons. The van der Waals surface area contributed by atoms with Crippen LogP contribution in [0.1, 0.15) is 12.8 Å². The second-order valence-corrected chi connectivity index (χ2v) is 8.32. The van der Waals surface area contributed by atoms with Crippen LogP contribution in [0.2, 0.25) is 0 Å². The average Bonchev–Trinajstić information content (AvgIpc) is 2.95. The number of fused-ring (bicyclic) bond motifs is 1. The predicted molar refractivity (Wildman–Crippen MR) is 93.5 cm³/mol. The highest BCUT2D eigenvalue weighted by molar-refractivity contribution is 7.88. The number of hydrogen-bond acceptors (Lipinski definition) is 6. The Morgan fingerprint density at radius 2 is 2.24 bits per heavy atom. The first-order chi connectivity index (χ1) is 11.8. The van der Waals surface area contributed by atoms with Gasteiger partial charge >= 0.3 is 0 Å². The summed E-state index contributed by atoms with van der Waals surface area (Å²) in [6, 6.07) is 4.72. The molecule has 0 unspecified atom stereocenters. The van der Waals surface area contributed by atoms with Crippen molar-refractivity contribution in [3.63, 3.8) is 0 Å². The third kappa shape index (κ3) is 4.53. The van der Waals surface area contributed by atoms with Gasteiger partial charge in [0, 0.05) is 30.6 Å². The Morgan fingerprint density at radius 1 is 1.44 bits per heavy atom. The molecule has 1 N–H and O–H groups in total. The monoisotopic (exact) mass is 367 g/mol. The first-order valence-electron chi connectivity index (χ1n) is 8.09. The molecule has 1 aliphatic rings. The molecule has 0 saturated carbocycles. The fourth-order valence-corrected chi connectivity index (χ4v) is 3.74. The van der Waals surface area contributed by atoms with Crippen LogP contribution in [0.25, 0.3) is 10.9 Å². The standard InChI is InChI=1S/C15H21N5O4S/c1-25(23,24)17-8-12-3-2-6-18(10-12)11-19-15-5-4-14(20(21)22)7-13(15)9-16-19/h4-5,7,9,12,17H,2-3,6,8,10-11H2,1H3/t12-/m0/s1. The molecule has 1 aromatic carbocycles. The summed E-state index contributed by atoms with van der Waals surface area (Å²) >= 11 is 0. The van der Waals surface area contributed by atoms with Crippen molar-refractivity contribution in [1.82, 2.24) is 19.4 Å². The number of non-ortho nitro benzene ring substituents is 1. The van der Waals surface area contributed by atoms with Gasteiger partial charge in [0.15, 0.2) is 0 Å². The summed E-state index contributed by atoms with van der Waals surface area (Å²) in [5.41, 5.74) is 0.902. The van der Waals surface area contributed by atoms with E-state index in [1.807, 2.05) is 4.68 Å². The van der Waals surface area contributed by atoms with Crippen LogP contribution in [-0.2, 0) is 16.7 Å². The summed E-state index contributed by atoms with van der Waals surface area (Å²) in [6.45, 7) is 2.73. The smallest absolute Gasteiger partial charge is 0.270 e. The number of nitro benzene ring substituents is 1. The minimum Gasteiger partial charge on any atom is -0.284 e. The number of benzene rings is 1. The summed E-state index contributed by atoms with van der Waals surface area (Å²) in [7, 11) is -3.17. The van der Waals surface area contributed by atoms with Gasteiger partial charge in [-0.15, -0.1) is 0 Å². The van der Waals surface area contributed by atoms with Crippen molar-refractivity contribution in [3.8, 4) is 0 Å². The lowest BCUT2D eigenvalue weighted by atomic mass is 9.99. The third-order valence-electron chi connectivity index (χ3n) is 4.41. The number of sulfonamides is 1. The van der Waals surface area contributed by atoms with E-state index >= 15 is 0 Å². The molecule has 1 aliphatic heterocycles. The Labute approximate surface area is 145 Å². The second-order valence-electron chi connectivity index (χ2n) is 6.49. The quantitative estimate of drug-likeness (QED) is 0.606. The SMILES string of the molecule is CS(=O)(=O)NC[C@@H]1CCCN(Cn2ncc3cc([N+](=O)[O-])ccc32)C1. The molecule has 0 amide bonds. The van der Waals surface area contributed by atoms with Crippen LogP contribution in [0.3, 0.4) is 0 Å². The molecule has 0 spiro atoms. The zero-order valence-electron chi connectivity index (χ0n) is 14.0. The van der Waals surface area contributed by atoms with Crippen molar-refractivity contribution in [2.45, 2.75) is 19.5 Å². The second kappa shape index (κ2) is 7.06. The van der Waals surface area contributed by atoms with Gasteiger partial charge in [-0.1, -0.05) is 0 Å². The molecule has 1 atom stereocenters. The van der Waals surface area contributed by atoms with E-state index in [0.29, 0.717) is 13.2 Å². The fraction of sp³-hybridized carbons (Fsp3) is 0.533. The number of likely N-dealkylation sites (tertiary alicyclic amines) is 1. The van der Waals surface area contributed by atoms with E-state index < -0.39 is 14.9 Å². The first kappa shape index (κ1) is 17.8. The van der Waals surface area contributed by atoms with Crippen molar-refractivity contribution in [1.29, 1.82) is 0 Å². The molecule has 0 aliphatic carbocycles. The van der Waals surface area contributed by atoms with E-state index in [-0.39, 0.29) is 11.6 Å². The summed E-state index contributed by atoms with van der Waals surface area (Å²) < 4.78 is 26.9. The maximum absolute atomic E-state index is 11.2. The lowest BCUT2D eigenvalue weighted by Gasteiger charge is -2.32. The molecule has 136 valence electrons.